The quantitative estimate of drug-likeness (QED) is 0.769. The van der Waals surface area contributed by atoms with Crippen molar-refractivity contribution >= 4 is 23.4 Å². The van der Waals surface area contributed by atoms with Gasteiger partial charge >= 0.3 is 0 Å². The number of anilines is 1. The molecule has 4 atom stereocenters. The van der Waals surface area contributed by atoms with Crippen molar-refractivity contribution in [3.63, 3.8) is 0 Å². The van der Waals surface area contributed by atoms with Crippen LogP contribution in [0.2, 0.25) is 0 Å². The van der Waals surface area contributed by atoms with Crippen molar-refractivity contribution in [2.75, 3.05) is 18.0 Å². The van der Waals surface area contributed by atoms with Crippen LogP contribution < -0.4 is 4.90 Å². The van der Waals surface area contributed by atoms with Crippen molar-refractivity contribution in [1.29, 1.82) is 0 Å². The number of piperidine rings is 1. The first-order valence-corrected chi connectivity index (χ1v) is 9.92. The van der Waals surface area contributed by atoms with Gasteiger partial charge in [-0.15, -0.1) is 0 Å². The highest BCUT2D eigenvalue weighted by molar-refractivity contribution is 6.22. The molecule has 2 aliphatic heterocycles. The Morgan fingerprint density at radius 3 is 2.00 bits per heavy atom. The average Bonchev–Trinajstić information content (AvgIpc) is 3.36. The van der Waals surface area contributed by atoms with E-state index in [1.165, 1.54) is 11.3 Å². The Labute approximate surface area is 153 Å². The normalized spacial score (nSPS) is 33.1. The summed E-state index contributed by atoms with van der Waals surface area (Å²) >= 11 is 0. The van der Waals surface area contributed by atoms with Crippen LogP contribution in [0.25, 0.3) is 0 Å². The number of carbonyl (C=O) groups is 3. The summed E-state index contributed by atoms with van der Waals surface area (Å²) in [7, 11) is 0. The van der Waals surface area contributed by atoms with Gasteiger partial charge in [-0.3, -0.25) is 19.3 Å². The fourth-order valence-corrected chi connectivity index (χ4v) is 5.70. The first-order chi connectivity index (χ1) is 12.6. The Kier molecular flexibility index (Phi) is 3.66. The second-order valence-electron chi connectivity index (χ2n) is 8.30. The van der Waals surface area contributed by atoms with Crippen LogP contribution in [0.4, 0.5) is 5.69 Å². The van der Waals surface area contributed by atoms with Gasteiger partial charge in [0.05, 0.1) is 17.5 Å². The van der Waals surface area contributed by atoms with Crippen molar-refractivity contribution in [3.05, 3.63) is 29.8 Å². The maximum Gasteiger partial charge on any atom is 0.253 e. The largest absolute Gasteiger partial charge is 0.339 e. The molecular formula is C21H24N2O3. The smallest absolute Gasteiger partial charge is 0.253 e. The molecule has 0 radical (unpaired) electrons. The van der Waals surface area contributed by atoms with Gasteiger partial charge in [-0.1, -0.05) is 0 Å². The van der Waals surface area contributed by atoms with Crippen molar-refractivity contribution in [3.8, 4) is 0 Å². The zero-order chi connectivity index (χ0) is 17.8. The van der Waals surface area contributed by atoms with Crippen molar-refractivity contribution in [1.82, 2.24) is 4.90 Å². The number of rotatable bonds is 2. The lowest BCUT2D eigenvalue weighted by molar-refractivity contribution is -0.123. The second kappa shape index (κ2) is 5.93. The highest BCUT2D eigenvalue weighted by atomic mass is 16.2. The van der Waals surface area contributed by atoms with Gasteiger partial charge in [-0.25, -0.2) is 0 Å². The Hall–Kier alpha value is -2.17. The van der Waals surface area contributed by atoms with Crippen LogP contribution in [0.3, 0.4) is 0 Å². The molecule has 0 aromatic heterocycles. The summed E-state index contributed by atoms with van der Waals surface area (Å²) in [5.74, 6) is 0.583. The second-order valence-corrected chi connectivity index (χ2v) is 8.30. The van der Waals surface area contributed by atoms with E-state index in [1.807, 2.05) is 4.90 Å². The maximum atomic E-state index is 12.9. The Balaban J connectivity index is 1.37. The third kappa shape index (κ3) is 2.25. The molecule has 2 heterocycles. The van der Waals surface area contributed by atoms with Gasteiger partial charge in [0, 0.05) is 18.7 Å². The number of carbonyl (C=O) groups excluding carboxylic acids is 3. The predicted octanol–water partition coefficient (Wildman–Crippen LogP) is 2.85. The average molecular weight is 352 g/mol. The molecule has 0 N–H and O–H groups in total. The highest BCUT2D eigenvalue weighted by Gasteiger charge is 2.61. The molecular weight excluding hydrogens is 328 g/mol. The Bertz CT molecular complexity index is 738. The summed E-state index contributed by atoms with van der Waals surface area (Å²) in [6.45, 7) is 1.63. The summed E-state index contributed by atoms with van der Waals surface area (Å²) < 4.78 is 0. The molecule has 5 rings (SSSR count). The molecule has 1 aromatic carbocycles. The number of benzene rings is 1. The van der Waals surface area contributed by atoms with Crippen LogP contribution >= 0.6 is 0 Å². The minimum Gasteiger partial charge on any atom is -0.339 e. The van der Waals surface area contributed by atoms with Gasteiger partial charge in [0.25, 0.3) is 5.91 Å². The third-order valence-corrected chi connectivity index (χ3v) is 6.94. The molecule has 2 saturated heterocycles. The van der Waals surface area contributed by atoms with Crippen molar-refractivity contribution < 1.29 is 14.4 Å². The van der Waals surface area contributed by atoms with E-state index < -0.39 is 0 Å². The van der Waals surface area contributed by atoms with Gasteiger partial charge in [-0.05, 0) is 74.6 Å². The first-order valence-electron chi connectivity index (χ1n) is 9.92. The van der Waals surface area contributed by atoms with Crippen molar-refractivity contribution in [2.24, 2.45) is 23.7 Å². The molecule has 5 heteroatoms. The Morgan fingerprint density at radius 2 is 1.42 bits per heavy atom. The molecule has 1 aromatic rings. The predicted molar refractivity (Wildman–Crippen MR) is 96.5 cm³/mol. The molecule has 3 amide bonds. The molecule has 136 valence electrons. The molecule has 0 unspecified atom stereocenters. The van der Waals surface area contributed by atoms with Gasteiger partial charge in [0.15, 0.2) is 0 Å². The van der Waals surface area contributed by atoms with Crippen LogP contribution in [0.1, 0.15) is 48.9 Å². The van der Waals surface area contributed by atoms with E-state index in [-0.39, 0.29) is 29.6 Å². The molecule has 4 fully saturated rings. The summed E-state index contributed by atoms with van der Waals surface area (Å²) in [4.78, 5) is 41.6. The maximum absolute atomic E-state index is 12.9. The molecule has 2 bridgehead atoms. The van der Waals surface area contributed by atoms with Crippen LogP contribution in [0.5, 0.6) is 0 Å². The van der Waals surface area contributed by atoms with Gasteiger partial charge in [-0.2, -0.15) is 0 Å². The lowest BCUT2D eigenvalue weighted by Crippen LogP contribution is -2.35. The van der Waals surface area contributed by atoms with Crippen LogP contribution in [0, 0.1) is 23.7 Å². The van der Waals surface area contributed by atoms with Gasteiger partial charge in [0.1, 0.15) is 0 Å². The van der Waals surface area contributed by atoms with Crippen molar-refractivity contribution in [2.45, 2.75) is 38.5 Å². The molecule has 0 spiro atoms. The summed E-state index contributed by atoms with van der Waals surface area (Å²) in [6.07, 6.45) is 6.53. The van der Waals surface area contributed by atoms with E-state index >= 15 is 0 Å². The van der Waals surface area contributed by atoms with Crippen LogP contribution in [-0.4, -0.2) is 35.7 Å². The monoisotopic (exact) mass is 352 g/mol. The third-order valence-electron chi connectivity index (χ3n) is 6.94. The van der Waals surface area contributed by atoms with E-state index in [9.17, 15) is 14.4 Å². The van der Waals surface area contributed by atoms with E-state index in [1.54, 1.807) is 24.3 Å². The molecule has 2 aliphatic carbocycles. The SMILES string of the molecule is O=C(c1ccc(N2C(=O)[C@H]3[C@H]4CC[C@@H](C4)[C@@H]3C2=O)cc1)N1CCCCC1. The minimum absolute atomic E-state index is 0.0256. The standard InChI is InChI=1S/C21H24N2O3/c24-19(22-10-2-1-3-11-22)13-6-8-16(9-7-13)23-20(25)17-14-4-5-15(12-14)18(17)21(23)26/h6-9,14-15,17-18H,1-5,10-12H2/t14-,15-,17-,18-/m0/s1. The first kappa shape index (κ1) is 16.0. The summed E-state index contributed by atoms with van der Waals surface area (Å²) in [5, 5.41) is 0. The number of likely N-dealkylation sites (tertiary alicyclic amines) is 1. The topological polar surface area (TPSA) is 57.7 Å². The minimum atomic E-state index is -0.101. The lowest BCUT2D eigenvalue weighted by atomic mass is 9.81. The number of fused-ring (bicyclic) bond motifs is 5. The Morgan fingerprint density at radius 1 is 0.846 bits per heavy atom. The van der Waals surface area contributed by atoms with Gasteiger partial charge < -0.3 is 4.90 Å². The summed E-state index contributed by atoms with van der Waals surface area (Å²) in [6, 6.07) is 7.04. The zero-order valence-electron chi connectivity index (χ0n) is 14.9. The highest BCUT2D eigenvalue weighted by Crippen LogP contribution is 2.56. The number of amides is 3. The lowest BCUT2D eigenvalue weighted by Gasteiger charge is -2.27. The number of nitrogens with zero attached hydrogens (tertiary/aromatic N) is 2. The fraction of sp³-hybridized carbons (Fsp3) is 0.571. The number of hydrogen-bond donors (Lipinski definition) is 0. The van der Waals surface area contributed by atoms with E-state index in [2.05, 4.69) is 0 Å². The zero-order valence-corrected chi connectivity index (χ0v) is 14.9. The number of imide groups is 1. The molecule has 4 aliphatic rings. The molecule has 2 saturated carbocycles. The summed E-state index contributed by atoms with van der Waals surface area (Å²) in [5.41, 5.74) is 1.25. The van der Waals surface area contributed by atoms with E-state index in [0.717, 1.165) is 45.2 Å². The fourth-order valence-electron chi connectivity index (χ4n) is 5.70. The molecule has 26 heavy (non-hydrogen) atoms. The van der Waals surface area contributed by atoms with Crippen LogP contribution in [-0.2, 0) is 9.59 Å². The number of hydrogen-bond acceptors (Lipinski definition) is 3. The van der Waals surface area contributed by atoms with Crippen LogP contribution in [0.15, 0.2) is 24.3 Å². The van der Waals surface area contributed by atoms with E-state index in [0.29, 0.717) is 23.1 Å². The van der Waals surface area contributed by atoms with E-state index in [4.69, 9.17) is 0 Å². The molecule has 5 nitrogen and oxygen atoms in total. The van der Waals surface area contributed by atoms with Gasteiger partial charge in [0.2, 0.25) is 11.8 Å².